The topological polar surface area (TPSA) is 84.2 Å². The number of aryl methyl sites for hydroxylation is 1. The first-order valence-electron chi connectivity index (χ1n) is 5.79. The molecule has 0 fully saturated rings. The van der Waals surface area contributed by atoms with E-state index in [-0.39, 0.29) is 23.2 Å². The molecule has 0 bridgehead atoms. The second-order valence-corrected chi connectivity index (χ2v) is 7.23. The molecule has 2 rings (SSSR count). The molecule has 0 aliphatic heterocycles. The maximum absolute atomic E-state index is 12.2. The standard InChI is InChI=1S/C12H12ClN3O3S2/c1-16-12(11(13)8-14-16)21(18,19)15-7-10-5-4-9(20-10)3-2-6-17/h4-5,8,15,17H,6-7H2,1H3. The summed E-state index contributed by atoms with van der Waals surface area (Å²) >= 11 is 7.18. The van der Waals surface area contributed by atoms with Crippen molar-refractivity contribution >= 4 is 33.0 Å². The molecule has 0 spiro atoms. The van der Waals surface area contributed by atoms with Crippen LogP contribution in [0.2, 0.25) is 5.02 Å². The van der Waals surface area contributed by atoms with Crippen LogP contribution in [0.1, 0.15) is 9.75 Å². The highest BCUT2D eigenvalue weighted by Gasteiger charge is 2.22. The normalized spacial score (nSPS) is 11.2. The fourth-order valence-corrected chi connectivity index (χ4v) is 4.17. The van der Waals surface area contributed by atoms with E-state index >= 15 is 0 Å². The molecule has 112 valence electrons. The zero-order valence-corrected chi connectivity index (χ0v) is 13.4. The van der Waals surface area contributed by atoms with Crippen LogP contribution in [0.15, 0.2) is 23.4 Å². The van der Waals surface area contributed by atoms with Gasteiger partial charge in [-0.3, -0.25) is 4.68 Å². The van der Waals surface area contributed by atoms with Crippen molar-refractivity contribution in [3.63, 3.8) is 0 Å². The third kappa shape index (κ3) is 3.84. The van der Waals surface area contributed by atoms with Crippen molar-refractivity contribution in [3.8, 4) is 11.8 Å². The van der Waals surface area contributed by atoms with Gasteiger partial charge in [-0.1, -0.05) is 23.4 Å². The van der Waals surface area contributed by atoms with Crippen molar-refractivity contribution in [3.05, 3.63) is 33.1 Å². The first-order chi connectivity index (χ1) is 9.94. The summed E-state index contributed by atoms with van der Waals surface area (Å²) < 4.78 is 28.0. The van der Waals surface area contributed by atoms with Crippen LogP contribution in [-0.2, 0) is 23.6 Å². The van der Waals surface area contributed by atoms with E-state index < -0.39 is 10.0 Å². The number of hydrogen-bond donors (Lipinski definition) is 2. The summed E-state index contributed by atoms with van der Waals surface area (Å²) in [4.78, 5) is 1.57. The van der Waals surface area contributed by atoms with E-state index in [4.69, 9.17) is 16.7 Å². The number of aliphatic hydroxyl groups excluding tert-OH is 1. The fraction of sp³-hybridized carbons (Fsp3) is 0.250. The average Bonchev–Trinajstić information content (AvgIpc) is 3.01. The summed E-state index contributed by atoms with van der Waals surface area (Å²) in [6, 6.07) is 3.55. The Morgan fingerprint density at radius 2 is 2.29 bits per heavy atom. The summed E-state index contributed by atoms with van der Waals surface area (Å²) in [6.07, 6.45) is 1.28. The predicted molar refractivity (Wildman–Crippen MR) is 80.5 cm³/mol. The van der Waals surface area contributed by atoms with Gasteiger partial charge in [0.1, 0.15) is 6.61 Å². The molecule has 2 N–H and O–H groups in total. The van der Waals surface area contributed by atoms with Crippen LogP contribution >= 0.6 is 22.9 Å². The third-order valence-corrected chi connectivity index (χ3v) is 5.39. The van der Waals surface area contributed by atoms with Gasteiger partial charge in [0.05, 0.1) is 16.1 Å². The van der Waals surface area contributed by atoms with Crippen LogP contribution in [0.25, 0.3) is 0 Å². The van der Waals surface area contributed by atoms with Crippen LogP contribution in [0.3, 0.4) is 0 Å². The molecule has 2 heterocycles. The molecule has 0 saturated carbocycles. The van der Waals surface area contributed by atoms with E-state index in [1.807, 2.05) is 0 Å². The van der Waals surface area contributed by atoms with Gasteiger partial charge in [-0.2, -0.15) is 5.10 Å². The van der Waals surface area contributed by atoms with Crippen molar-refractivity contribution in [2.24, 2.45) is 7.05 Å². The van der Waals surface area contributed by atoms with Gasteiger partial charge in [0, 0.05) is 18.5 Å². The van der Waals surface area contributed by atoms with E-state index in [1.54, 1.807) is 12.1 Å². The van der Waals surface area contributed by atoms with E-state index in [0.717, 1.165) is 9.75 Å². The second-order valence-electron chi connectivity index (χ2n) is 3.97. The monoisotopic (exact) mass is 345 g/mol. The van der Waals surface area contributed by atoms with Gasteiger partial charge in [-0.05, 0) is 12.1 Å². The SMILES string of the molecule is Cn1ncc(Cl)c1S(=O)(=O)NCc1ccc(C#CCO)s1. The summed E-state index contributed by atoms with van der Waals surface area (Å²) in [5, 5.41) is 12.4. The van der Waals surface area contributed by atoms with Crippen molar-refractivity contribution in [1.82, 2.24) is 14.5 Å². The Morgan fingerprint density at radius 1 is 1.52 bits per heavy atom. The summed E-state index contributed by atoms with van der Waals surface area (Å²) in [5.74, 6) is 5.30. The molecule has 0 saturated heterocycles. The number of aromatic nitrogens is 2. The molecule has 2 aromatic heterocycles. The largest absolute Gasteiger partial charge is 0.384 e. The van der Waals surface area contributed by atoms with Gasteiger partial charge in [-0.25, -0.2) is 13.1 Å². The second kappa shape index (κ2) is 6.60. The molecule has 0 radical (unpaired) electrons. The molecule has 0 aliphatic rings. The number of sulfonamides is 1. The van der Waals surface area contributed by atoms with Crippen LogP contribution < -0.4 is 4.72 Å². The van der Waals surface area contributed by atoms with Crippen molar-refractivity contribution < 1.29 is 13.5 Å². The molecule has 0 unspecified atom stereocenters. The number of rotatable bonds is 4. The van der Waals surface area contributed by atoms with Gasteiger partial charge >= 0.3 is 0 Å². The Hall–Kier alpha value is -1.37. The first kappa shape index (κ1) is 16.0. The van der Waals surface area contributed by atoms with Gasteiger partial charge in [0.25, 0.3) is 10.0 Å². The van der Waals surface area contributed by atoms with Crippen LogP contribution in [0, 0.1) is 11.8 Å². The third-order valence-electron chi connectivity index (χ3n) is 2.49. The van der Waals surface area contributed by atoms with Crippen LogP contribution in [0.4, 0.5) is 0 Å². The Balaban J connectivity index is 2.11. The molecule has 6 nitrogen and oxygen atoms in total. The number of nitrogens with one attached hydrogen (secondary N) is 1. The fourth-order valence-electron chi connectivity index (χ4n) is 1.60. The molecule has 0 aliphatic carbocycles. The first-order valence-corrected chi connectivity index (χ1v) is 8.47. The Bertz CT molecular complexity index is 780. The predicted octanol–water partition coefficient (Wildman–Crippen LogP) is 0.957. The molecule has 2 aromatic rings. The molecular weight excluding hydrogens is 334 g/mol. The minimum atomic E-state index is -3.74. The number of aliphatic hydroxyl groups is 1. The molecule has 0 amide bonds. The molecule has 0 aromatic carbocycles. The van der Waals surface area contributed by atoms with Gasteiger partial charge in [0.15, 0.2) is 5.03 Å². The van der Waals surface area contributed by atoms with Crippen LogP contribution in [0.5, 0.6) is 0 Å². The Labute approximate surface area is 131 Å². The maximum Gasteiger partial charge on any atom is 0.259 e. The lowest BCUT2D eigenvalue weighted by Crippen LogP contribution is -2.25. The molecule has 21 heavy (non-hydrogen) atoms. The van der Waals surface area contributed by atoms with Crippen molar-refractivity contribution in [1.29, 1.82) is 0 Å². The van der Waals surface area contributed by atoms with Gasteiger partial charge in [0.2, 0.25) is 0 Å². The molecule has 9 heteroatoms. The lowest BCUT2D eigenvalue weighted by Gasteiger charge is -2.06. The summed E-state index contributed by atoms with van der Waals surface area (Å²) in [5.41, 5.74) is 0. The Morgan fingerprint density at radius 3 is 2.90 bits per heavy atom. The van der Waals surface area contributed by atoms with Crippen LogP contribution in [-0.4, -0.2) is 29.9 Å². The maximum atomic E-state index is 12.2. The zero-order chi connectivity index (χ0) is 15.5. The van der Waals surface area contributed by atoms with E-state index in [0.29, 0.717) is 0 Å². The van der Waals surface area contributed by atoms with Gasteiger partial charge in [-0.15, -0.1) is 11.3 Å². The smallest absolute Gasteiger partial charge is 0.259 e. The lowest BCUT2D eigenvalue weighted by molar-refractivity contribution is 0.350. The number of halogens is 1. The minimum absolute atomic E-state index is 0.0685. The van der Waals surface area contributed by atoms with E-state index in [1.165, 1.54) is 29.3 Å². The zero-order valence-electron chi connectivity index (χ0n) is 11.0. The summed E-state index contributed by atoms with van der Waals surface area (Å²) in [6.45, 7) is -0.0752. The van der Waals surface area contributed by atoms with Crippen molar-refractivity contribution in [2.75, 3.05) is 6.61 Å². The van der Waals surface area contributed by atoms with E-state index in [2.05, 4.69) is 21.7 Å². The summed E-state index contributed by atoms with van der Waals surface area (Å²) in [7, 11) is -2.23. The number of nitrogens with zero attached hydrogens (tertiary/aromatic N) is 2. The van der Waals surface area contributed by atoms with Gasteiger partial charge < -0.3 is 5.11 Å². The number of hydrogen-bond acceptors (Lipinski definition) is 5. The highest BCUT2D eigenvalue weighted by molar-refractivity contribution is 7.89. The quantitative estimate of drug-likeness (QED) is 0.808. The van der Waals surface area contributed by atoms with E-state index in [9.17, 15) is 8.42 Å². The lowest BCUT2D eigenvalue weighted by atomic mass is 10.4. The molecule has 0 atom stereocenters. The molecular formula is C12H12ClN3O3S2. The highest BCUT2D eigenvalue weighted by atomic mass is 35.5. The highest BCUT2D eigenvalue weighted by Crippen LogP contribution is 2.21. The minimum Gasteiger partial charge on any atom is -0.384 e. The van der Waals surface area contributed by atoms with Crippen molar-refractivity contribution in [2.45, 2.75) is 11.6 Å². The number of thiophene rings is 1. The average molecular weight is 346 g/mol. The Kier molecular flexibility index (Phi) is 5.03.